The maximum Gasteiger partial charge on any atom is 0.407 e. The molecule has 2 aliphatic rings. The third-order valence-electron chi connectivity index (χ3n) is 7.37. The van der Waals surface area contributed by atoms with Gasteiger partial charge in [-0.05, 0) is 51.9 Å². The average Bonchev–Trinajstić information content (AvgIpc) is 3.45. The zero-order valence-electron chi connectivity index (χ0n) is 22.0. The van der Waals surface area contributed by atoms with Crippen molar-refractivity contribution in [3.63, 3.8) is 0 Å². The number of hydroxylamine groups is 2. The molecule has 41 heavy (non-hydrogen) atoms. The lowest BCUT2D eigenvalue weighted by Crippen LogP contribution is -2.32. The Balaban J connectivity index is 0.959. The van der Waals surface area contributed by atoms with E-state index in [1.807, 2.05) is 48.5 Å². The number of aryl methyl sites for hydroxylation is 1. The molecule has 0 unspecified atom stereocenters. The van der Waals surface area contributed by atoms with Crippen molar-refractivity contribution in [2.75, 3.05) is 6.61 Å². The van der Waals surface area contributed by atoms with Gasteiger partial charge in [-0.15, -0.1) is 0 Å². The maximum atomic E-state index is 12.5. The fraction of sp³-hybridized carbons (Fsp3) is 0.152. The Bertz CT molecular complexity index is 1580. The van der Waals surface area contributed by atoms with Crippen LogP contribution < -0.4 is 5.32 Å². The minimum atomic E-state index is -0.680. The third-order valence-corrected chi connectivity index (χ3v) is 7.37. The smallest absolute Gasteiger partial charge is 0.407 e. The highest BCUT2D eigenvalue weighted by Gasteiger charge is 2.38. The van der Waals surface area contributed by atoms with Crippen molar-refractivity contribution in [1.29, 1.82) is 0 Å². The van der Waals surface area contributed by atoms with Gasteiger partial charge >= 0.3 is 12.1 Å². The molecule has 0 atom stereocenters. The minimum Gasteiger partial charge on any atom is -0.449 e. The largest absolute Gasteiger partial charge is 0.449 e. The molecule has 1 N–H and O–H groups in total. The van der Waals surface area contributed by atoms with Crippen LogP contribution in [-0.4, -0.2) is 35.5 Å². The van der Waals surface area contributed by atoms with E-state index in [0.29, 0.717) is 18.0 Å². The number of hydrogen-bond donors (Lipinski definition) is 1. The maximum absolute atomic E-state index is 12.5. The van der Waals surface area contributed by atoms with Gasteiger partial charge in [0.15, 0.2) is 0 Å². The highest BCUT2D eigenvalue weighted by atomic mass is 16.7. The molecule has 8 nitrogen and oxygen atoms in total. The second kappa shape index (κ2) is 11.1. The molecule has 0 saturated heterocycles. The number of carbonyl (C=O) groups excluding carboxylic acids is 4. The van der Waals surface area contributed by atoms with Crippen LogP contribution in [0.2, 0.25) is 0 Å². The van der Waals surface area contributed by atoms with Gasteiger partial charge in [0.1, 0.15) is 6.61 Å². The molecule has 1 aliphatic heterocycles. The standard InChI is InChI=1S/C33H26N2O6/c36-30(41-35-31(37)27-11-5-6-12-28(27)32(35)38)18-17-21-13-15-22(16-14-21)19-34-33(39)40-20-29-25-9-3-1-7-23(25)24-8-2-4-10-26(24)29/h1-16,29H,17-20H2,(H,34,39). The van der Waals surface area contributed by atoms with Crippen LogP contribution in [0.25, 0.3) is 11.1 Å². The van der Waals surface area contributed by atoms with E-state index < -0.39 is 23.9 Å². The lowest BCUT2D eigenvalue weighted by Gasteiger charge is -2.14. The van der Waals surface area contributed by atoms with E-state index in [2.05, 4.69) is 29.6 Å². The van der Waals surface area contributed by atoms with Crippen molar-refractivity contribution in [2.45, 2.75) is 25.3 Å². The summed E-state index contributed by atoms with van der Waals surface area (Å²) in [5, 5.41) is 3.31. The van der Waals surface area contributed by atoms with Gasteiger partial charge in [0, 0.05) is 12.5 Å². The molecule has 3 amide bonds. The fourth-order valence-electron chi connectivity index (χ4n) is 5.29. The zero-order chi connectivity index (χ0) is 28.3. The molecule has 4 aromatic rings. The molecule has 4 aromatic carbocycles. The number of nitrogens with one attached hydrogen (secondary N) is 1. The Kier molecular flexibility index (Phi) is 7.04. The molecule has 1 aliphatic carbocycles. The van der Waals surface area contributed by atoms with Gasteiger partial charge < -0.3 is 14.9 Å². The molecule has 0 aromatic heterocycles. The quantitative estimate of drug-likeness (QED) is 0.297. The van der Waals surface area contributed by atoms with Crippen LogP contribution in [0.4, 0.5) is 4.79 Å². The molecule has 8 heteroatoms. The Morgan fingerprint density at radius 3 is 1.78 bits per heavy atom. The average molecular weight is 547 g/mol. The van der Waals surface area contributed by atoms with Gasteiger partial charge in [0.05, 0.1) is 17.5 Å². The summed E-state index contributed by atoms with van der Waals surface area (Å²) in [6.07, 6.45) is -0.140. The number of nitrogens with zero attached hydrogens (tertiary/aromatic N) is 1. The lowest BCUT2D eigenvalue weighted by atomic mass is 9.98. The fourth-order valence-corrected chi connectivity index (χ4v) is 5.29. The summed E-state index contributed by atoms with van der Waals surface area (Å²) in [6.45, 7) is 0.536. The summed E-state index contributed by atoms with van der Waals surface area (Å²) in [4.78, 5) is 54.6. The number of imide groups is 1. The molecule has 0 fully saturated rings. The van der Waals surface area contributed by atoms with Gasteiger partial charge in [-0.2, -0.15) is 0 Å². The Morgan fingerprint density at radius 1 is 0.683 bits per heavy atom. The van der Waals surface area contributed by atoms with E-state index in [9.17, 15) is 19.2 Å². The van der Waals surface area contributed by atoms with E-state index >= 15 is 0 Å². The van der Waals surface area contributed by atoms with Gasteiger partial charge in [0.25, 0.3) is 11.8 Å². The number of carbonyl (C=O) groups is 4. The normalized spacial score (nSPS) is 13.4. The number of fused-ring (bicyclic) bond motifs is 4. The first-order valence-corrected chi connectivity index (χ1v) is 13.3. The van der Waals surface area contributed by atoms with Crippen LogP contribution >= 0.6 is 0 Å². The number of alkyl carbamates (subject to hydrolysis) is 1. The number of amides is 3. The monoisotopic (exact) mass is 546 g/mol. The molecule has 1 heterocycles. The van der Waals surface area contributed by atoms with Crippen LogP contribution in [-0.2, 0) is 27.3 Å². The summed E-state index contributed by atoms with van der Waals surface area (Å²) < 4.78 is 5.59. The molecular formula is C33H26N2O6. The lowest BCUT2D eigenvalue weighted by molar-refractivity contribution is -0.168. The molecule has 6 rings (SSSR count). The van der Waals surface area contributed by atoms with Crippen LogP contribution in [0.15, 0.2) is 97.1 Å². The predicted molar refractivity (Wildman–Crippen MR) is 150 cm³/mol. The van der Waals surface area contributed by atoms with Crippen LogP contribution in [0.5, 0.6) is 0 Å². The molecule has 0 radical (unpaired) electrons. The van der Waals surface area contributed by atoms with Crippen molar-refractivity contribution < 1.29 is 28.8 Å². The summed E-state index contributed by atoms with van der Waals surface area (Å²) in [5.74, 6) is -1.98. The molecule has 0 spiro atoms. The van der Waals surface area contributed by atoms with Crippen molar-refractivity contribution in [3.8, 4) is 11.1 Å². The number of benzene rings is 4. The van der Waals surface area contributed by atoms with Crippen molar-refractivity contribution in [2.24, 2.45) is 0 Å². The van der Waals surface area contributed by atoms with Crippen molar-refractivity contribution in [3.05, 3.63) is 130 Å². The number of rotatable bonds is 8. The van der Waals surface area contributed by atoms with E-state index in [1.165, 1.54) is 23.3 Å². The summed E-state index contributed by atoms with van der Waals surface area (Å²) in [7, 11) is 0. The SMILES string of the molecule is O=C(CCc1ccc(CNC(=O)OCC2c3ccccc3-c3ccccc32)cc1)ON1C(=O)c2ccccc2C1=O. The highest BCUT2D eigenvalue weighted by Crippen LogP contribution is 2.44. The minimum absolute atomic E-state index is 0.00356. The first kappa shape index (κ1) is 26.0. The first-order chi connectivity index (χ1) is 20.0. The predicted octanol–water partition coefficient (Wildman–Crippen LogP) is 5.41. The van der Waals surface area contributed by atoms with Gasteiger partial charge in [-0.1, -0.05) is 90.0 Å². The van der Waals surface area contributed by atoms with E-state index in [1.54, 1.807) is 12.1 Å². The van der Waals surface area contributed by atoms with Crippen LogP contribution in [0.1, 0.15) is 55.3 Å². The highest BCUT2D eigenvalue weighted by molar-refractivity contribution is 6.20. The van der Waals surface area contributed by atoms with E-state index in [0.717, 1.165) is 22.3 Å². The second-order valence-electron chi connectivity index (χ2n) is 9.91. The Labute approximate surface area is 236 Å². The van der Waals surface area contributed by atoms with E-state index in [4.69, 9.17) is 9.57 Å². The summed E-state index contributed by atoms with van der Waals surface area (Å²) in [6, 6.07) is 30.1. The van der Waals surface area contributed by atoms with Gasteiger partial charge in [0.2, 0.25) is 0 Å². The Morgan fingerprint density at radius 2 is 1.20 bits per heavy atom. The van der Waals surface area contributed by atoms with Crippen molar-refractivity contribution in [1.82, 2.24) is 10.4 Å². The molecule has 204 valence electrons. The number of hydrogen-bond acceptors (Lipinski definition) is 6. The molecular weight excluding hydrogens is 520 g/mol. The topological polar surface area (TPSA) is 102 Å². The van der Waals surface area contributed by atoms with Crippen LogP contribution in [0, 0.1) is 0 Å². The van der Waals surface area contributed by atoms with Gasteiger partial charge in [-0.25, -0.2) is 9.59 Å². The number of ether oxygens (including phenoxy) is 1. The molecule has 0 bridgehead atoms. The summed E-state index contributed by atoms with van der Waals surface area (Å²) in [5.41, 5.74) is 6.84. The van der Waals surface area contributed by atoms with Gasteiger partial charge in [-0.3, -0.25) is 9.59 Å². The van der Waals surface area contributed by atoms with E-state index in [-0.39, 0.29) is 30.1 Å². The first-order valence-electron chi connectivity index (χ1n) is 13.3. The zero-order valence-corrected chi connectivity index (χ0v) is 22.0. The summed E-state index contributed by atoms with van der Waals surface area (Å²) >= 11 is 0. The Hall–Kier alpha value is -5.24. The van der Waals surface area contributed by atoms with Crippen LogP contribution in [0.3, 0.4) is 0 Å². The molecule has 0 saturated carbocycles. The van der Waals surface area contributed by atoms with Crippen molar-refractivity contribution >= 4 is 23.9 Å². The second-order valence-corrected chi connectivity index (χ2v) is 9.91. The third kappa shape index (κ3) is 5.19.